The number of phenolic OH excluding ortho intramolecular Hbond substituents is 1. The fourth-order valence-corrected chi connectivity index (χ4v) is 4.63. The number of piperazine rings is 1. The van der Waals surface area contributed by atoms with Crippen molar-refractivity contribution in [2.45, 2.75) is 19.5 Å². The molecule has 0 aromatic heterocycles. The predicted octanol–water partition coefficient (Wildman–Crippen LogP) is 3.85. The van der Waals surface area contributed by atoms with E-state index in [9.17, 15) is 9.90 Å². The van der Waals surface area contributed by atoms with Crippen molar-refractivity contribution < 1.29 is 19.0 Å². The Labute approximate surface area is 218 Å². The molecular formula is C25H24Cl2FN5O3. The highest BCUT2D eigenvalue weighted by molar-refractivity contribution is 6.33. The molecule has 3 N–H and O–H groups in total. The maximum absolute atomic E-state index is 16.0. The van der Waals surface area contributed by atoms with Crippen LogP contribution in [0, 0.1) is 17.7 Å². The molecule has 0 aliphatic carbocycles. The second kappa shape index (κ2) is 11.2. The SMILES string of the molecule is CC#Cc1cc2c(c(F)c1-c1c(O)cccc1Cl)OCC1CN(C(=O)/N=C/N=C(N)CCl)CCN1C2. The molecule has 0 bridgehead atoms. The van der Waals surface area contributed by atoms with Crippen molar-refractivity contribution in [3.05, 3.63) is 46.2 Å². The zero-order valence-electron chi connectivity index (χ0n) is 19.5. The Kier molecular flexibility index (Phi) is 7.99. The standard InChI is InChI=1S/C25H24Cl2FN5O3/c1-2-4-15-9-16-11-32-7-8-33(25(35)31-14-30-20(29)10-26)12-17(32)13-36-24(16)23(28)21(15)22-18(27)5-3-6-19(22)34/h3,5-6,9,14,17,34H,7-8,10-13H2,1H3,(H2,29,30,31,35). The number of carbonyl (C=O) groups excluding carboxylic acids is 1. The first-order valence-electron chi connectivity index (χ1n) is 11.2. The van der Waals surface area contributed by atoms with Crippen molar-refractivity contribution >= 4 is 41.4 Å². The van der Waals surface area contributed by atoms with Crippen molar-refractivity contribution in [2.75, 3.05) is 32.1 Å². The summed E-state index contributed by atoms with van der Waals surface area (Å²) in [6.07, 6.45) is 1.09. The number of aromatic hydroxyl groups is 1. The molecule has 1 unspecified atom stereocenters. The van der Waals surface area contributed by atoms with Crippen molar-refractivity contribution in [3.63, 3.8) is 0 Å². The molecular weight excluding hydrogens is 508 g/mol. The summed E-state index contributed by atoms with van der Waals surface area (Å²) in [4.78, 5) is 23.8. The topological polar surface area (TPSA) is 104 Å². The number of hydrogen-bond acceptors (Lipinski definition) is 4. The molecule has 2 aliphatic rings. The van der Waals surface area contributed by atoms with Gasteiger partial charge in [-0.3, -0.25) is 4.90 Å². The largest absolute Gasteiger partial charge is 0.507 e. The van der Waals surface area contributed by atoms with Crippen LogP contribution in [-0.2, 0) is 6.54 Å². The van der Waals surface area contributed by atoms with Crippen LogP contribution in [0.4, 0.5) is 9.18 Å². The summed E-state index contributed by atoms with van der Waals surface area (Å²) in [5.74, 6) is 5.23. The summed E-state index contributed by atoms with van der Waals surface area (Å²) >= 11 is 11.9. The minimum atomic E-state index is -0.638. The number of aliphatic imine (C=N–C) groups is 2. The predicted molar refractivity (Wildman–Crippen MR) is 139 cm³/mol. The Balaban J connectivity index is 1.63. The van der Waals surface area contributed by atoms with Gasteiger partial charge in [-0.1, -0.05) is 23.6 Å². The molecule has 2 aromatic carbocycles. The summed E-state index contributed by atoms with van der Waals surface area (Å²) in [5, 5.41) is 10.7. The molecule has 1 fully saturated rings. The third kappa shape index (κ3) is 5.26. The number of halogens is 3. The summed E-state index contributed by atoms with van der Waals surface area (Å²) in [6.45, 7) is 3.55. The molecule has 8 nitrogen and oxygen atoms in total. The highest BCUT2D eigenvalue weighted by Crippen LogP contribution is 2.43. The van der Waals surface area contributed by atoms with Crippen LogP contribution in [0.1, 0.15) is 18.1 Å². The van der Waals surface area contributed by atoms with Crippen LogP contribution in [0.25, 0.3) is 11.1 Å². The number of fused-ring (bicyclic) bond motifs is 2. The summed E-state index contributed by atoms with van der Waals surface area (Å²) < 4.78 is 21.9. The van der Waals surface area contributed by atoms with E-state index in [4.69, 9.17) is 33.7 Å². The van der Waals surface area contributed by atoms with Gasteiger partial charge < -0.3 is 20.5 Å². The van der Waals surface area contributed by atoms with Gasteiger partial charge >= 0.3 is 6.03 Å². The lowest BCUT2D eigenvalue weighted by atomic mass is 9.95. The van der Waals surface area contributed by atoms with Gasteiger partial charge in [0.2, 0.25) is 0 Å². The number of benzene rings is 2. The molecule has 0 radical (unpaired) electrons. The monoisotopic (exact) mass is 531 g/mol. The van der Waals surface area contributed by atoms with Crippen LogP contribution < -0.4 is 10.5 Å². The number of carbonyl (C=O) groups is 1. The lowest BCUT2D eigenvalue weighted by Crippen LogP contribution is -2.55. The molecule has 2 heterocycles. The molecule has 1 atom stereocenters. The number of nitrogens with two attached hydrogens (primary N) is 1. The summed E-state index contributed by atoms with van der Waals surface area (Å²) in [6, 6.07) is 5.74. The molecule has 11 heteroatoms. The average Bonchev–Trinajstić information content (AvgIpc) is 3.04. The van der Waals surface area contributed by atoms with Gasteiger partial charge in [0.05, 0.1) is 16.9 Å². The Morgan fingerprint density at radius 1 is 1.39 bits per heavy atom. The number of alkyl halides is 1. The fraction of sp³-hybridized carbons (Fsp3) is 0.320. The van der Waals surface area contributed by atoms with E-state index in [2.05, 4.69) is 26.7 Å². The Morgan fingerprint density at radius 2 is 2.19 bits per heavy atom. The Bertz CT molecular complexity index is 1280. The first-order chi connectivity index (χ1) is 17.3. The van der Waals surface area contributed by atoms with Crippen molar-refractivity contribution in [1.29, 1.82) is 0 Å². The van der Waals surface area contributed by atoms with E-state index in [1.807, 2.05) is 0 Å². The van der Waals surface area contributed by atoms with Gasteiger partial charge in [-0.25, -0.2) is 14.2 Å². The first-order valence-corrected chi connectivity index (χ1v) is 12.1. The quantitative estimate of drug-likeness (QED) is 0.271. The average molecular weight is 532 g/mol. The molecule has 2 aromatic rings. The molecule has 2 aliphatic heterocycles. The van der Waals surface area contributed by atoms with Crippen molar-refractivity contribution in [2.24, 2.45) is 15.7 Å². The lowest BCUT2D eigenvalue weighted by Gasteiger charge is -2.39. The van der Waals surface area contributed by atoms with E-state index in [-0.39, 0.29) is 52.0 Å². The van der Waals surface area contributed by atoms with Crippen molar-refractivity contribution in [1.82, 2.24) is 9.80 Å². The number of ether oxygens (including phenoxy) is 1. The van der Waals surface area contributed by atoms with E-state index < -0.39 is 11.8 Å². The second-order valence-corrected chi connectivity index (χ2v) is 8.95. The first kappa shape index (κ1) is 25.8. The number of urea groups is 1. The summed E-state index contributed by atoms with van der Waals surface area (Å²) in [5.41, 5.74) is 6.80. The minimum Gasteiger partial charge on any atom is -0.507 e. The highest BCUT2D eigenvalue weighted by atomic mass is 35.5. The third-order valence-corrected chi connectivity index (χ3v) is 6.59. The normalized spacial score (nSPS) is 18.1. The van der Waals surface area contributed by atoms with E-state index in [1.54, 1.807) is 30.0 Å². The van der Waals surface area contributed by atoms with Crippen LogP contribution in [0.15, 0.2) is 34.3 Å². The molecule has 0 saturated carbocycles. The van der Waals surface area contributed by atoms with Crippen LogP contribution >= 0.6 is 23.2 Å². The van der Waals surface area contributed by atoms with Gasteiger partial charge in [0.15, 0.2) is 11.6 Å². The van der Waals surface area contributed by atoms with Gasteiger partial charge in [0.25, 0.3) is 0 Å². The number of nitrogens with zero attached hydrogens (tertiary/aromatic N) is 4. The van der Waals surface area contributed by atoms with Crippen molar-refractivity contribution in [3.8, 4) is 34.5 Å². The molecule has 188 valence electrons. The molecule has 36 heavy (non-hydrogen) atoms. The van der Waals surface area contributed by atoms with Gasteiger partial charge in [-0.2, -0.15) is 4.99 Å². The molecule has 4 rings (SSSR count). The molecule has 1 saturated heterocycles. The maximum Gasteiger partial charge on any atom is 0.345 e. The third-order valence-electron chi connectivity index (χ3n) is 6.00. The smallest absolute Gasteiger partial charge is 0.345 e. The van der Waals surface area contributed by atoms with E-state index in [0.29, 0.717) is 37.3 Å². The fourth-order valence-electron chi connectivity index (χ4n) is 4.30. The molecule has 0 spiro atoms. The van der Waals surface area contributed by atoms with E-state index in [1.165, 1.54) is 6.07 Å². The van der Waals surface area contributed by atoms with Crippen LogP contribution in [-0.4, -0.2) is 71.3 Å². The van der Waals surface area contributed by atoms with E-state index in [0.717, 1.165) is 6.34 Å². The van der Waals surface area contributed by atoms with Gasteiger partial charge in [0, 0.05) is 48.4 Å². The van der Waals surface area contributed by atoms with Gasteiger partial charge in [-0.15, -0.1) is 17.5 Å². The Morgan fingerprint density at radius 3 is 2.92 bits per heavy atom. The van der Waals surface area contributed by atoms with Crippen LogP contribution in [0.2, 0.25) is 5.02 Å². The second-order valence-electron chi connectivity index (χ2n) is 8.27. The van der Waals surface area contributed by atoms with Crippen LogP contribution in [0.5, 0.6) is 11.5 Å². The number of phenols is 1. The number of hydrogen-bond donors (Lipinski definition) is 2. The summed E-state index contributed by atoms with van der Waals surface area (Å²) in [7, 11) is 0. The zero-order chi connectivity index (χ0) is 25.8. The van der Waals surface area contributed by atoms with Gasteiger partial charge in [-0.05, 0) is 25.1 Å². The maximum atomic E-state index is 16.0. The highest BCUT2D eigenvalue weighted by Gasteiger charge is 2.34. The zero-order valence-corrected chi connectivity index (χ0v) is 21.0. The molecule has 2 amide bonds. The number of rotatable bonds is 3. The van der Waals surface area contributed by atoms with E-state index >= 15 is 4.39 Å². The lowest BCUT2D eigenvalue weighted by molar-refractivity contribution is 0.0674. The Hall–Kier alpha value is -3.32. The minimum absolute atomic E-state index is 0.0405. The number of amides is 2. The van der Waals surface area contributed by atoms with Crippen LogP contribution in [0.3, 0.4) is 0 Å². The number of amidine groups is 1. The van der Waals surface area contributed by atoms with Gasteiger partial charge in [0.1, 0.15) is 24.5 Å².